The first-order valence-corrected chi connectivity index (χ1v) is 37.5. The highest BCUT2D eigenvalue weighted by Crippen LogP contribution is 2.57. The number of rotatable bonds is 5. The first-order valence-electron chi connectivity index (χ1n) is 57.0. The minimum absolute atomic E-state index is 0.00759. The molecule has 8 nitrogen and oxygen atoms in total. The van der Waals surface area contributed by atoms with Gasteiger partial charge in [-0.1, -0.05) is 283 Å². The first-order chi connectivity index (χ1) is 68.6. The Kier molecular flexibility index (Phi) is 10.7. The van der Waals surface area contributed by atoms with Gasteiger partial charge in [0.2, 0.25) is 22.8 Å². The van der Waals surface area contributed by atoms with Gasteiger partial charge in [-0.25, -0.2) is 0 Å². The van der Waals surface area contributed by atoms with Crippen molar-refractivity contribution in [2.75, 3.05) is 0 Å². The van der Waals surface area contributed by atoms with Gasteiger partial charge in [0, 0.05) is 137 Å². The monoisotopic (exact) mass is 1520 g/mol. The third-order valence-corrected chi connectivity index (χ3v) is 23.7. The zero-order valence-electron chi connectivity index (χ0n) is 106. The van der Waals surface area contributed by atoms with Gasteiger partial charge in [0.05, 0.1) is 22.6 Å². The SMILES string of the molecule is [2H]C([2H])([2H])C1(C)c2c(-c3ccccc3)c(-c3cc(C)cc(C)c3)[n+](C)n2-c2c(C)cccc2C1(C([2H])([2H])[2H])C([2H])([2H])[2H].[2H]C([2H])([2H])C1(C)c2cc(-c3cc(C)cc(C)c3)[n+](C)n2-c2c(C)cccc2C1(C([2H])([2H])[2H])C([2H])([2H])[2H].[2H]C([2H])([2H])C1(C)c2cc(-c3ccccc3)[n+](C)n2-c2c(C)cccc2C1(C([2H])([2H])[2H])C([2H])([2H])[2H].[2H]C([2H])([2H])c1cc(C)cc(-c2cc3n([n+]2C)-c2c(C)cccc2C(C([2H])([2H])[2H])(C([2H])([2H])[2H])C3(C)C([2H])([2H])[2H])c1. The van der Waals surface area contributed by atoms with Crippen LogP contribution in [0.1, 0.15) is 264 Å². The standard InChI is InChI=1S/C31H35N2.2C25H31N2.C23H27N2/c1-20-17-21(2)19-24(18-20)28-26(23-14-10-9-11-15-23)29-31(6,7)30(4,5)25-16-12-13-22(3)27(25)33(29)32(28)8;2*1-16-12-17(2)14-19(13-16)21-15-22-25(6,7)24(4,5)20-11-9-10-18(3)23(20)27(22)26(21)8;1-16-11-10-14-18-21(16)25-20(23(4,5)22(18,2)3)15-19(24(25)6)17-12-8-7-9-13-17/h9-19H,1-8H3;2*9-15H,1-8H3;7-15H,1-6H3/q4*+1/i4D3,5D3,6D3;1D3,4D3,5D3,6D3;4D3,5D3,6D3;2D3,3D3,4D3. The van der Waals surface area contributed by atoms with E-state index < -0.39 is 132 Å². The van der Waals surface area contributed by atoms with Gasteiger partial charge in [-0.15, -0.1) is 37.5 Å². The van der Waals surface area contributed by atoms with Crippen molar-refractivity contribution in [2.45, 2.75) is 222 Å². The Morgan fingerprint density at radius 2 is 0.545 bits per heavy atom. The highest BCUT2D eigenvalue weighted by Gasteiger charge is 2.56. The van der Waals surface area contributed by atoms with Crippen molar-refractivity contribution >= 4 is 0 Å². The minimum Gasteiger partial charge on any atom is -0.124 e. The van der Waals surface area contributed by atoms with Crippen molar-refractivity contribution in [2.24, 2.45) is 28.2 Å². The Morgan fingerprint density at radius 1 is 0.259 bits per heavy atom. The Morgan fingerprint density at radius 3 is 0.875 bits per heavy atom. The summed E-state index contributed by atoms with van der Waals surface area (Å²) >= 11 is 0. The molecule has 0 amide bonds. The van der Waals surface area contributed by atoms with Crippen LogP contribution in [0.15, 0.2) is 206 Å². The van der Waals surface area contributed by atoms with Crippen molar-refractivity contribution in [3.05, 3.63) is 307 Å². The summed E-state index contributed by atoms with van der Waals surface area (Å²) < 4.78 is 350. The van der Waals surface area contributed by atoms with Gasteiger partial charge < -0.3 is 0 Å². The average molecular weight is 1530 g/mol. The number of aromatic nitrogens is 8. The van der Waals surface area contributed by atoms with Crippen LogP contribution in [0.25, 0.3) is 78.9 Å². The summed E-state index contributed by atoms with van der Waals surface area (Å²) in [6.07, 6.45) is 0. The normalized spacial score (nSPS) is 26.6. The molecule has 9 aromatic carbocycles. The van der Waals surface area contributed by atoms with Crippen molar-refractivity contribution < 1.29 is 72.2 Å². The molecule has 13 aromatic rings. The summed E-state index contributed by atoms with van der Waals surface area (Å²) in [7, 11) is 7.02. The maximum Gasteiger partial charge on any atom is 0.246 e. The van der Waals surface area contributed by atoms with Gasteiger partial charge in [0.1, 0.15) is 28.4 Å². The fourth-order valence-corrected chi connectivity index (χ4v) is 17.5. The van der Waals surface area contributed by atoms with E-state index in [0.717, 1.165) is 38.9 Å². The number of benzene rings is 9. The highest BCUT2D eigenvalue weighted by atomic mass is 15.4. The third-order valence-electron chi connectivity index (χ3n) is 23.7. The van der Waals surface area contributed by atoms with Gasteiger partial charge in [0.15, 0.2) is 28.2 Å². The summed E-state index contributed by atoms with van der Waals surface area (Å²) in [5, 5.41) is 0. The van der Waals surface area contributed by atoms with E-state index in [1.54, 1.807) is 161 Å². The maximum absolute atomic E-state index is 8.99. The second-order valence-electron chi connectivity index (χ2n) is 32.1. The van der Waals surface area contributed by atoms with E-state index in [0.29, 0.717) is 84.3 Å². The molecule has 4 aromatic heterocycles. The molecule has 112 heavy (non-hydrogen) atoms. The molecule has 4 atom stereocenters. The van der Waals surface area contributed by atoms with E-state index in [-0.39, 0.29) is 56.3 Å². The lowest BCUT2D eigenvalue weighted by atomic mass is 9.59. The fourth-order valence-electron chi connectivity index (χ4n) is 17.5. The molecule has 576 valence electrons. The molecule has 8 heterocycles. The van der Waals surface area contributed by atoms with Crippen LogP contribution in [0.2, 0.25) is 0 Å². The molecule has 0 saturated heterocycles. The van der Waals surface area contributed by atoms with E-state index in [2.05, 4.69) is 0 Å². The van der Waals surface area contributed by atoms with Gasteiger partial charge in [-0.3, -0.25) is 0 Å². The predicted octanol–water partition coefficient (Wildman–Crippen LogP) is 22.9. The second kappa shape index (κ2) is 27.3. The Hall–Kier alpha value is -10.2. The molecule has 0 aliphatic carbocycles. The first kappa shape index (κ1) is 43.7. The average Bonchev–Trinajstić information content (AvgIpc) is 1.63. The summed E-state index contributed by atoms with van der Waals surface area (Å²) in [6.45, 7) is -18.3. The number of hydrogen-bond donors (Lipinski definition) is 0. The van der Waals surface area contributed by atoms with Crippen LogP contribution in [0.4, 0.5) is 0 Å². The quantitative estimate of drug-likeness (QED) is 0.154. The van der Waals surface area contributed by atoms with Crippen molar-refractivity contribution in [3.8, 4) is 78.9 Å². The molecule has 0 bridgehead atoms. The number of para-hydroxylation sites is 4. The lowest BCUT2D eigenvalue weighted by Gasteiger charge is -2.46. The number of hydrogen-bond acceptors (Lipinski definition) is 0. The van der Waals surface area contributed by atoms with Gasteiger partial charge in [-0.2, -0.15) is 0 Å². The molecule has 17 rings (SSSR count). The van der Waals surface area contributed by atoms with Crippen LogP contribution in [0.3, 0.4) is 0 Å². The Labute approximate surface area is 725 Å². The van der Waals surface area contributed by atoms with Gasteiger partial charge >= 0.3 is 0 Å². The molecule has 0 N–H and O–H groups in total. The van der Waals surface area contributed by atoms with Crippen LogP contribution in [-0.2, 0) is 71.5 Å². The molecule has 0 radical (unpaired) electrons. The maximum atomic E-state index is 8.99. The van der Waals surface area contributed by atoms with Crippen LogP contribution in [-0.4, -0.2) is 18.7 Å². The van der Waals surface area contributed by atoms with E-state index in [1.807, 2.05) is 136 Å². The van der Waals surface area contributed by atoms with Crippen LogP contribution >= 0.6 is 0 Å². The lowest BCUT2D eigenvalue weighted by molar-refractivity contribution is -0.735. The largest absolute Gasteiger partial charge is 0.246 e. The zero-order chi connectivity index (χ0) is 114. The number of aryl methyl sites for hydroxylation is 10. The van der Waals surface area contributed by atoms with Crippen molar-refractivity contribution in [1.29, 1.82) is 0 Å². The topological polar surface area (TPSA) is 35.2 Å². The fraction of sp³-hybridized carbons (Fsp3) is 0.365. The van der Waals surface area contributed by atoms with Gasteiger partial charge in [0.25, 0.3) is 0 Å². The van der Waals surface area contributed by atoms with E-state index in [1.165, 1.54) is 64.1 Å². The second-order valence-corrected chi connectivity index (χ2v) is 32.1. The molecular weight excluding hydrogens is 1360 g/mol. The summed E-state index contributed by atoms with van der Waals surface area (Å²) in [5.74, 6) is 0. The Balaban J connectivity index is 0.000000159. The number of nitrogens with zero attached hydrogens (tertiary/aromatic N) is 8. The molecule has 0 fully saturated rings. The van der Waals surface area contributed by atoms with Crippen LogP contribution < -0.4 is 18.7 Å². The van der Waals surface area contributed by atoms with Crippen molar-refractivity contribution in [1.82, 2.24) is 18.7 Å². The third kappa shape index (κ3) is 11.9. The highest BCUT2D eigenvalue weighted by molar-refractivity contribution is 5.84. The predicted molar refractivity (Wildman–Crippen MR) is 467 cm³/mol. The summed E-state index contributed by atoms with van der Waals surface area (Å²) in [5.41, 5.74) is -4.90. The molecular formula is C104H124N8+4. The van der Waals surface area contributed by atoms with Crippen LogP contribution in [0.5, 0.6) is 0 Å². The summed E-state index contributed by atoms with van der Waals surface area (Å²) in [4.78, 5) is 0. The molecule has 0 spiro atoms. The summed E-state index contributed by atoms with van der Waals surface area (Å²) in [6, 6.07) is 59.3. The molecule has 0 saturated carbocycles. The zero-order valence-corrected chi connectivity index (χ0v) is 66.7. The molecule has 4 unspecified atom stereocenters. The smallest absolute Gasteiger partial charge is 0.124 e. The van der Waals surface area contributed by atoms with E-state index in [9.17, 15) is 0 Å². The van der Waals surface area contributed by atoms with Gasteiger partial charge in [-0.05, 0) is 168 Å². The molecule has 8 heteroatoms. The van der Waals surface area contributed by atoms with E-state index in [4.69, 9.17) is 53.5 Å². The molecule has 4 aliphatic heterocycles. The van der Waals surface area contributed by atoms with Crippen LogP contribution in [0, 0.1) is 69.2 Å². The Bertz CT molecular complexity index is 7420. The number of fused-ring (bicyclic) bond motifs is 12. The van der Waals surface area contributed by atoms with Crippen molar-refractivity contribution in [3.63, 3.8) is 0 Å². The lowest BCUT2D eigenvalue weighted by Crippen LogP contribution is -2.51. The molecule has 4 aliphatic rings. The van der Waals surface area contributed by atoms with E-state index >= 15 is 0 Å². The minimum atomic E-state index is -3.25.